The number of thiazole rings is 1. The van der Waals surface area contributed by atoms with Crippen molar-refractivity contribution in [3.63, 3.8) is 0 Å². The number of nitrogens with one attached hydrogen (secondary N) is 1. The van der Waals surface area contributed by atoms with Gasteiger partial charge in [0.1, 0.15) is 5.69 Å². The molecule has 0 fully saturated rings. The van der Waals surface area contributed by atoms with E-state index in [0.717, 1.165) is 12.1 Å². The third-order valence-electron chi connectivity index (χ3n) is 3.25. The van der Waals surface area contributed by atoms with Gasteiger partial charge in [0, 0.05) is 18.8 Å². The van der Waals surface area contributed by atoms with Crippen molar-refractivity contribution < 1.29 is 9.59 Å². The molecule has 2 aromatic rings. The predicted octanol–water partition coefficient (Wildman–Crippen LogP) is 2.34. The Balaban J connectivity index is 1.83. The first-order valence-electron chi connectivity index (χ1n) is 6.55. The maximum absolute atomic E-state index is 12.1. The minimum atomic E-state index is -0.374. The van der Waals surface area contributed by atoms with Gasteiger partial charge in [-0.15, -0.1) is 0 Å². The van der Waals surface area contributed by atoms with Crippen LogP contribution in [0.1, 0.15) is 46.1 Å². The fraction of sp³-hybridized carbons (Fsp3) is 0.357. The lowest BCUT2D eigenvalue weighted by molar-refractivity contribution is 0.0915. The zero-order chi connectivity index (χ0) is 15.0. The second-order valence-corrected chi connectivity index (χ2v) is 6.78. The van der Waals surface area contributed by atoms with Crippen molar-refractivity contribution in [2.24, 2.45) is 5.41 Å². The molecule has 0 bridgehead atoms. The Morgan fingerprint density at radius 3 is 2.86 bits per heavy atom. The van der Waals surface area contributed by atoms with Crippen LogP contribution in [0.2, 0.25) is 0 Å². The van der Waals surface area contributed by atoms with Crippen LogP contribution in [0.15, 0.2) is 18.6 Å². The van der Waals surface area contributed by atoms with Gasteiger partial charge in [-0.3, -0.25) is 19.9 Å². The number of nitrogens with zero attached hydrogens (tertiary/aromatic N) is 3. The summed E-state index contributed by atoms with van der Waals surface area (Å²) in [6.07, 6.45) is 5.59. The first-order valence-corrected chi connectivity index (χ1v) is 7.36. The number of ketones is 1. The molecule has 21 heavy (non-hydrogen) atoms. The number of carbonyl (C=O) groups is 2. The molecule has 0 saturated carbocycles. The van der Waals surface area contributed by atoms with Gasteiger partial charge in [-0.25, -0.2) is 9.97 Å². The molecular formula is C14H14N4O2S. The zero-order valence-electron chi connectivity index (χ0n) is 11.7. The van der Waals surface area contributed by atoms with E-state index in [1.165, 1.54) is 29.9 Å². The monoisotopic (exact) mass is 302 g/mol. The average Bonchev–Trinajstić information content (AvgIpc) is 2.81. The van der Waals surface area contributed by atoms with Gasteiger partial charge in [-0.1, -0.05) is 25.2 Å². The predicted molar refractivity (Wildman–Crippen MR) is 78.5 cm³/mol. The highest BCUT2D eigenvalue weighted by Gasteiger charge is 2.34. The van der Waals surface area contributed by atoms with Gasteiger partial charge in [0.2, 0.25) is 0 Å². The number of anilines is 1. The maximum Gasteiger partial charge on any atom is 0.277 e. The van der Waals surface area contributed by atoms with Crippen molar-refractivity contribution in [2.45, 2.75) is 26.7 Å². The summed E-state index contributed by atoms with van der Waals surface area (Å²) in [4.78, 5) is 36.9. The lowest BCUT2D eigenvalue weighted by atomic mass is 9.78. The van der Waals surface area contributed by atoms with Crippen LogP contribution in [0.3, 0.4) is 0 Å². The van der Waals surface area contributed by atoms with Crippen molar-refractivity contribution in [3.05, 3.63) is 34.9 Å². The zero-order valence-corrected chi connectivity index (χ0v) is 12.5. The van der Waals surface area contributed by atoms with E-state index in [2.05, 4.69) is 20.3 Å². The molecule has 0 aliphatic heterocycles. The molecule has 108 valence electrons. The summed E-state index contributed by atoms with van der Waals surface area (Å²) in [6, 6.07) is 0. The van der Waals surface area contributed by atoms with E-state index in [0.29, 0.717) is 16.4 Å². The van der Waals surface area contributed by atoms with Gasteiger partial charge in [-0.2, -0.15) is 0 Å². The smallest absolute Gasteiger partial charge is 0.277 e. The molecule has 0 spiro atoms. The summed E-state index contributed by atoms with van der Waals surface area (Å²) in [5.74, 6) is -0.278. The molecule has 2 heterocycles. The average molecular weight is 302 g/mol. The van der Waals surface area contributed by atoms with Crippen LogP contribution in [-0.2, 0) is 6.42 Å². The van der Waals surface area contributed by atoms with Crippen molar-refractivity contribution in [2.75, 3.05) is 5.32 Å². The van der Waals surface area contributed by atoms with Crippen molar-refractivity contribution in [1.29, 1.82) is 0 Å². The molecule has 6 nitrogen and oxygen atoms in total. The fourth-order valence-electron chi connectivity index (χ4n) is 2.35. The van der Waals surface area contributed by atoms with Crippen LogP contribution in [0, 0.1) is 5.41 Å². The molecule has 0 aromatic carbocycles. The number of rotatable bonds is 2. The Kier molecular flexibility index (Phi) is 3.29. The highest BCUT2D eigenvalue weighted by atomic mass is 32.1. The molecule has 1 N–H and O–H groups in total. The van der Waals surface area contributed by atoms with E-state index in [1.807, 2.05) is 13.8 Å². The Morgan fingerprint density at radius 1 is 1.33 bits per heavy atom. The lowest BCUT2D eigenvalue weighted by Gasteiger charge is -2.26. The minimum absolute atomic E-state index is 0.0790. The number of carbonyl (C=O) groups excluding carboxylic acids is 2. The lowest BCUT2D eigenvalue weighted by Crippen LogP contribution is -2.26. The second kappa shape index (κ2) is 5.00. The summed E-state index contributed by atoms with van der Waals surface area (Å²) in [5.41, 5.74) is 0.915. The maximum atomic E-state index is 12.1. The Morgan fingerprint density at radius 2 is 2.14 bits per heavy atom. The normalized spacial score (nSPS) is 16.4. The molecule has 1 aliphatic rings. The van der Waals surface area contributed by atoms with Crippen LogP contribution in [0.25, 0.3) is 0 Å². The number of Topliss-reactive ketones (excluding diaryl/α,β-unsaturated/α-hetero) is 1. The Bertz CT molecular complexity index is 709. The summed E-state index contributed by atoms with van der Waals surface area (Å²) in [7, 11) is 0. The van der Waals surface area contributed by atoms with Crippen molar-refractivity contribution in [1.82, 2.24) is 15.0 Å². The van der Waals surface area contributed by atoms with E-state index in [1.54, 1.807) is 0 Å². The summed E-state index contributed by atoms with van der Waals surface area (Å²) < 4.78 is 0. The van der Waals surface area contributed by atoms with Crippen LogP contribution in [0.4, 0.5) is 5.13 Å². The molecule has 1 aliphatic carbocycles. The number of fused-ring (bicyclic) bond motifs is 1. The van der Waals surface area contributed by atoms with Crippen LogP contribution < -0.4 is 5.32 Å². The second-order valence-electron chi connectivity index (χ2n) is 5.78. The van der Waals surface area contributed by atoms with E-state index in [-0.39, 0.29) is 22.8 Å². The van der Waals surface area contributed by atoms with E-state index in [9.17, 15) is 9.59 Å². The quantitative estimate of drug-likeness (QED) is 0.920. The van der Waals surface area contributed by atoms with Crippen LogP contribution in [0.5, 0.6) is 0 Å². The summed E-state index contributed by atoms with van der Waals surface area (Å²) in [5, 5.41) is 3.11. The Hall–Kier alpha value is -2.15. The molecule has 7 heteroatoms. The highest BCUT2D eigenvalue weighted by molar-refractivity contribution is 7.17. The van der Waals surface area contributed by atoms with E-state index >= 15 is 0 Å². The summed E-state index contributed by atoms with van der Waals surface area (Å²) >= 11 is 1.23. The van der Waals surface area contributed by atoms with Gasteiger partial charge < -0.3 is 0 Å². The number of amides is 1. The van der Waals surface area contributed by atoms with Gasteiger partial charge in [0.25, 0.3) is 5.91 Å². The molecule has 0 atom stereocenters. The van der Waals surface area contributed by atoms with Gasteiger partial charge in [0.15, 0.2) is 10.9 Å². The van der Waals surface area contributed by atoms with Gasteiger partial charge in [-0.05, 0) is 11.8 Å². The Labute approximate surface area is 125 Å². The summed E-state index contributed by atoms with van der Waals surface area (Å²) in [6.45, 7) is 4.09. The van der Waals surface area contributed by atoms with E-state index < -0.39 is 0 Å². The van der Waals surface area contributed by atoms with Gasteiger partial charge in [0.05, 0.1) is 16.8 Å². The molecule has 2 aromatic heterocycles. The molecule has 0 unspecified atom stereocenters. The standard InChI is InChI=1S/C14H14N4O2S/c1-14(2)5-8-11(10(19)6-14)21-13(17-8)18-12(20)9-7-15-3-4-16-9/h3-4,7H,5-6H2,1-2H3,(H,17,18,20). The third kappa shape index (κ3) is 2.82. The van der Waals surface area contributed by atoms with Crippen LogP contribution in [-0.4, -0.2) is 26.6 Å². The van der Waals surface area contributed by atoms with Crippen molar-refractivity contribution >= 4 is 28.2 Å². The molecule has 0 radical (unpaired) electrons. The SMILES string of the molecule is CC1(C)CC(=O)c2sc(NC(=O)c3cnccn3)nc2C1. The third-order valence-corrected chi connectivity index (χ3v) is 4.31. The fourth-order valence-corrected chi connectivity index (χ4v) is 3.27. The first-order chi connectivity index (χ1) is 9.94. The van der Waals surface area contributed by atoms with Gasteiger partial charge >= 0.3 is 0 Å². The molecular weight excluding hydrogens is 288 g/mol. The number of aromatic nitrogens is 3. The molecule has 0 saturated heterocycles. The molecule has 1 amide bonds. The first kappa shape index (κ1) is 13.8. The topological polar surface area (TPSA) is 84.8 Å². The van der Waals surface area contributed by atoms with E-state index in [4.69, 9.17) is 0 Å². The molecule has 3 rings (SSSR count). The van der Waals surface area contributed by atoms with Crippen molar-refractivity contribution in [3.8, 4) is 0 Å². The minimum Gasteiger partial charge on any atom is -0.296 e. The number of hydrogen-bond donors (Lipinski definition) is 1. The highest BCUT2D eigenvalue weighted by Crippen LogP contribution is 2.38. The number of hydrogen-bond acceptors (Lipinski definition) is 6. The largest absolute Gasteiger partial charge is 0.296 e. The van der Waals surface area contributed by atoms with Crippen LogP contribution >= 0.6 is 11.3 Å².